The van der Waals surface area contributed by atoms with Crippen molar-refractivity contribution in [3.8, 4) is 11.9 Å². The lowest BCUT2D eigenvalue weighted by Crippen LogP contribution is -2.42. The molecular weight excluding hydrogens is 320 g/mol. The van der Waals surface area contributed by atoms with E-state index in [0.29, 0.717) is 30.6 Å². The highest BCUT2D eigenvalue weighted by Crippen LogP contribution is 2.53. The molecule has 1 aromatic heterocycles. The van der Waals surface area contributed by atoms with Crippen molar-refractivity contribution >= 4 is 6.03 Å². The summed E-state index contributed by atoms with van der Waals surface area (Å²) in [6.45, 7) is 2.87. The number of pyridine rings is 1. The van der Waals surface area contributed by atoms with E-state index in [1.807, 2.05) is 11.0 Å². The molecule has 7 heteroatoms. The number of nitrogens with zero attached hydrogens (tertiary/aromatic N) is 3. The molecule has 2 unspecified atom stereocenters. The van der Waals surface area contributed by atoms with Crippen LogP contribution in [0.15, 0.2) is 18.3 Å². The molecule has 0 radical (unpaired) electrons. The van der Waals surface area contributed by atoms with Crippen LogP contribution in [0.4, 0.5) is 4.79 Å². The van der Waals surface area contributed by atoms with Crippen molar-refractivity contribution in [2.24, 2.45) is 5.41 Å². The van der Waals surface area contributed by atoms with Gasteiger partial charge in [-0.25, -0.2) is 9.78 Å². The third-order valence-corrected chi connectivity index (χ3v) is 5.56. The Bertz CT molecular complexity index is 679. The molecule has 0 bridgehead atoms. The van der Waals surface area contributed by atoms with Gasteiger partial charge in [0.15, 0.2) is 0 Å². The fourth-order valence-electron chi connectivity index (χ4n) is 3.82. The Hall–Kier alpha value is -2.33. The second kappa shape index (κ2) is 6.52. The first-order valence-corrected chi connectivity index (χ1v) is 8.84. The zero-order valence-corrected chi connectivity index (χ0v) is 14.1. The molecule has 132 valence electrons. The molecule has 1 spiro atoms. The second-order valence-corrected chi connectivity index (χ2v) is 7.15. The van der Waals surface area contributed by atoms with Crippen LogP contribution in [0.5, 0.6) is 5.88 Å². The van der Waals surface area contributed by atoms with E-state index in [4.69, 9.17) is 14.7 Å². The molecule has 2 amide bonds. The number of carbonyl (C=O) groups is 1. The molecule has 1 aliphatic carbocycles. The van der Waals surface area contributed by atoms with Gasteiger partial charge in [-0.15, -0.1) is 0 Å². The highest BCUT2D eigenvalue weighted by molar-refractivity contribution is 5.75. The lowest BCUT2D eigenvalue weighted by molar-refractivity contribution is 0.0544. The number of rotatable bonds is 3. The number of likely N-dealkylation sites (tertiary alicyclic amines) is 1. The van der Waals surface area contributed by atoms with Crippen molar-refractivity contribution in [1.29, 1.82) is 5.26 Å². The van der Waals surface area contributed by atoms with Gasteiger partial charge in [0.1, 0.15) is 12.2 Å². The maximum Gasteiger partial charge on any atom is 0.317 e. The van der Waals surface area contributed by atoms with E-state index in [1.54, 1.807) is 12.1 Å². The predicted octanol–water partition coefficient (Wildman–Crippen LogP) is 1.69. The fourth-order valence-corrected chi connectivity index (χ4v) is 3.82. The van der Waals surface area contributed by atoms with Crippen molar-refractivity contribution < 1.29 is 14.3 Å². The third-order valence-electron chi connectivity index (χ3n) is 5.56. The first-order chi connectivity index (χ1) is 12.2. The fraction of sp³-hybridized carbons (Fsp3) is 0.611. The quantitative estimate of drug-likeness (QED) is 0.903. The molecule has 1 aromatic rings. The lowest BCUT2D eigenvalue weighted by atomic mass is 9.96. The monoisotopic (exact) mass is 342 g/mol. The standard InChI is InChI=1S/C18H22N4O3/c19-10-13-1-2-16(20-11-13)25-14-3-6-22(12-14)17(23)21-15-9-18(15)4-7-24-8-5-18/h1-2,11,14-15H,3-9,12H2,(H,21,23). The number of ether oxygens (including phenoxy) is 2. The minimum absolute atomic E-state index is 0.00672. The second-order valence-electron chi connectivity index (χ2n) is 7.15. The summed E-state index contributed by atoms with van der Waals surface area (Å²) in [5.74, 6) is 0.495. The number of nitrogens with one attached hydrogen (secondary N) is 1. The number of hydrogen-bond acceptors (Lipinski definition) is 5. The Morgan fingerprint density at radius 2 is 2.28 bits per heavy atom. The maximum absolute atomic E-state index is 12.5. The van der Waals surface area contributed by atoms with Gasteiger partial charge in [-0.3, -0.25) is 0 Å². The van der Waals surface area contributed by atoms with Crippen LogP contribution in [0, 0.1) is 16.7 Å². The first kappa shape index (κ1) is 16.2. The number of aromatic nitrogens is 1. The topological polar surface area (TPSA) is 87.5 Å². The van der Waals surface area contributed by atoms with E-state index in [0.717, 1.165) is 38.9 Å². The van der Waals surface area contributed by atoms with Crippen molar-refractivity contribution in [3.05, 3.63) is 23.9 Å². The molecule has 2 atom stereocenters. The maximum atomic E-state index is 12.5. The van der Waals surface area contributed by atoms with Crippen LogP contribution in [0.2, 0.25) is 0 Å². The van der Waals surface area contributed by atoms with Crippen LogP contribution in [-0.4, -0.2) is 54.4 Å². The summed E-state index contributed by atoms with van der Waals surface area (Å²) in [7, 11) is 0. The molecule has 2 aliphatic heterocycles. The molecule has 25 heavy (non-hydrogen) atoms. The van der Waals surface area contributed by atoms with E-state index in [9.17, 15) is 4.79 Å². The van der Waals surface area contributed by atoms with E-state index in [1.165, 1.54) is 6.20 Å². The molecule has 3 aliphatic rings. The van der Waals surface area contributed by atoms with E-state index >= 15 is 0 Å². The highest BCUT2D eigenvalue weighted by atomic mass is 16.5. The van der Waals surface area contributed by atoms with E-state index < -0.39 is 0 Å². The summed E-state index contributed by atoms with van der Waals surface area (Å²) in [4.78, 5) is 18.4. The summed E-state index contributed by atoms with van der Waals surface area (Å²) < 4.78 is 11.2. The van der Waals surface area contributed by atoms with Crippen LogP contribution in [0.25, 0.3) is 0 Å². The average molecular weight is 342 g/mol. The Balaban J connectivity index is 1.26. The number of urea groups is 1. The van der Waals surface area contributed by atoms with Gasteiger partial charge in [0.2, 0.25) is 5.88 Å². The Morgan fingerprint density at radius 3 is 3.00 bits per heavy atom. The van der Waals surface area contributed by atoms with Gasteiger partial charge in [0, 0.05) is 44.5 Å². The predicted molar refractivity (Wildman–Crippen MR) is 89.0 cm³/mol. The Morgan fingerprint density at radius 1 is 1.44 bits per heavy atom. The van der Waals surface area contributed by atoms with E-state index in [-0.39, 0.29) is 17.6 Å². The summed E-state index contributed by atoms with van der Waals surface area (Å²) >= 11 is 0. The summed E-state index contributed by atoms with van der Waals surface area (Å²) in [5.41, 5.74) is 0.793. The van der Waals surface area contributed by atoms with Gasteiger partial charge < -0.3 is 19.7 Å². The van der Waals surface area contributed by atoms with Gasteiger partial charge in [-0.2, -0.15) is 5.26 Å². The summed E-state index contributed by atoms with van der Waals surface area (Å²) in [6, 6.07) is 5.71. The zero-order valence-electron chi connectivity index (χ0n) is 14.1. The van der Waals surface area contributed by atoms with Gasteiger partial charge >= 0.3 is 6.03 Å². The molecule has 2 saturated heterocycles. The summed E-state index contributed by atoms with van der Waals surface area (Å²) in [5, 5.41) is 12.0. The zero-order chi connectivity index (χ0) is 17.3. The molecular formula is C18H22N4O3. The minimum Gasteiger partial charge on any atom is -0.472 e. The normalized spacial score (nSPS) is 26.9. The minimum atomic E-state index is -0.0533. The molecule has 4 rings (SSSR count). The molecule has 3 heterocycles. The third kappa shape index (κ3) is 3.40. The number of hydrogen-bond donors (Lipinski definition) is 1. The summed E-state index contributed by atoms with van der Waals surface area (Å²) in [6.07, 6.45) is 5.41. The van der Waals surface area contributed by atoms with Gasteiger partial charge in [-0.1, -0.05) is 0 Å². The molecule has 1 saturated carbocycles. The van der Waals surface area contributed by atoms with Gasteiger partial charge in [0.25, 0.3) is 0 Å². The van der Waals surface area contributed by atoms with Gasteiger partial charge in [0.05, 0.1) is 12.1 Å². The van der Waals surface area contributed by atoms with Crippen LogP contribution in [-0.2, 0) is 4.74 Å². The van der Waals surface area contributed by atoms with Crippen molar-refractivity contribution in [2.75, 3.05) is 26.3 Å². The average Bonchev–Trinajstić information content (AvgIpc) is 3.07. The van der Waals surface area contributed by atoms with Crippen molar-refractivity contribution in [2.45, 2.75) is 37.8 Å². The van der Waals surface area contributed by atoms with Crippen LogP contribution in [0.1, 0.15) is 31.2 Å². The molecule has 1 N–H and O–H groups in total. The number of nitriles is 1. The number of carbonyl (C=O) groups excluding carboxylic acids is 1. The van der Waals surface area contributed by atoms with Crippen LogP contribution < -0.4 is 10.1 Å². The first-order valence-electron chi connectivity index (χ1n) is 8.84. The largest absolute Gasteiger partial charge is 0.472 e. The Kier molecular flexibility index (Phi) is 4.22. The highest BCUT2D eigenvalue weighted by Gasteiger charge is 2.55. The molecule has 3 fully saturated rings. The van der Waals surface area contributed by atoms with Gasteiger partial charge in [-0.05, 0) is 30.7 Å². The Labute approximate surface area is 146 Å². The van der Waals surface area contributed by atoms with Crippen LogP contribution >= 0.6 is 0 Å². The molecule has 0 aromatic carbocycles. The smallest absolute Gasteiger partial charge is 0.317 e. The van der Waals surface area contributed by atoms with Crippen molar-refractivity contribution in [3.63, 3.8) is 0 Å². The molecule has 7 nitrogen and oxygen atoms in total. The van der Waals surface area contributed by atoms with Crippen molar-refractivity contribution in [1.82, 2.24) is 15.2 Å². The van der Waals surface area contributed by atoms with E-state index in [2.05, 4.69) is 10.3 Å². The number of amides is 2. The van der Waals surface area contributed by atoms with Crippen LogP contribution in [0.3, 0.4) is 0 Å². The SMILES string of the molecule is N#Cc1ccc(OC2CCN(C(=O)NC3CC34CCOCC4)C2)nc1. The lowest BCUT2D eigenvalue weighted by Gasteiger charge is -2.24.